The summed E-state index contributed by atoms with van der Waals surface area (Å²) in [6, 6.07) is 16.3. The van der Waals surface area contributed by atoms with Crippen LogP contribution in [0.15, 0.2) is 58.7 Å². The molecule has 4 heteroatoms. The van der Waals surface area contributed by atoms with Crippen LogP contribution in [0.1, 0.15) is 16.7 Å². The Hall–Kier alpha value is -2.07. The fraction of sp³-hybridized carbons (Fsp3) is 0.176. The zero-order valence-corrected chi connectivity index (χ0v) is 12.9. The van der Waals surface area contributed by atoms with E-state index in [1.54, 1.807) is 18.9 Å². The lowest BCUT2D eigenvalue weighted by Crippen LogP contribution is -2.06. The van der Waals surface area contributed by atoms with Gasteiger partial charge in [-0.05, 0) is 41.6 Å². The largest absolute Gasteiger partial charge is 0.497 e. The number of methoxy groups -OCH3 is 1. The molecule has 1 aliphatic rings. The Morgan fingerprint density at radius 3 is 2.48 bits per heavy atom. The fourth-order valence-corrected chi connectivity index (χ4v) is 2.89. The second-order valence-corrected chi connectivity index (χ2v) is 5.51. The van der Waals surface area contributed by atoms with Gasteiger partial charge in [0.05, 0.1) is 12.8 Å². The smallest absolute Gasteiger partial charge is 0.126 e. The molecule has 0 atom stereocenters. The average molecular weight is 296 g/mol. The first kappa shape index (κ1) is 13.9. The van der Waals surface area contributed by atoms with Gasteiger partial charge in [-0.25, -0.2) is 0 Å². The number of hydrogen-bond acceptors (Lipinski definition) is 4. The van der Waals surface area contributed by atoms with E-state index in [1.807, 2.05) is 36.6 Å². The lowest BCUT2D eigenvalue weighted by atomic mass is 9.99. The standard InChI is InChI=1S/C17H16N2OS/c1-20-14-9-7-12(8-10-14)16-11-13-5-3-4-6-15(13)17(21-2)19-18-16/h3-10H,11H2,1-2H3. The molecule has 3 nitrogen and oxygen atoms in total. The van der Waals surface area contributed by atoms with E-state index in [9.17, 15) is 0 Å². The summed E-state index contributed by atoms with van der Waals surface area (Å²) in [7, 11) is 1.67. The molecule has 0 unspecified atom stereocenters. The minimum Gasteiger partial charge on any atom is -0.497 e. The summed E-state index contributed by atoms with van der Waals surface area (Å²) in [5.74, 6) is 0.849. The summed E-state index contributed by atoms with van der Waals surface area (Å²) >= 11 is 1.63. The van der Waals surface area contributed by atoms with E-state index in [-0.39, 0.29) is 0 Å². The number of ether oxygens (including phenoxy) is 1. The first-order valence-corrected chi connectivity index (χ1v) is 7.95. The van der Waals surface area contributed by atoms with Crippen molar-refractivity contribution in [1.82, 2.24) is 0 Å². The molecule has 2 aromatic carbocycles. The monoisotopic (exact) mass is 296 g/mol. The molecular formula is C17H16N2OS. The first-order valence-electron chi connectivity index (χ1n) is 6.73. The van der Waals surface area contributed by atoms with Crippen LogP contribution in [0.3, 0.4) is 0 Å². The maximum Gasteiger partial charge on any atom is 0.126 e. The molecule has 0 saturated carbocycles. The summed E-state index contributed by atoms with van der Waals surface area (Å²) in [6.45, 7) is 0. The van der Waals surface area contributed by atoms with Crippen molar-refractivity contribution in [3.05, 3.63) is 65.2 Å². The zero-order valence-electron chi connectivity index (χ0n) is 12.0. The Kier molecular flexibility index (Phi) is 4.06. The van der Waals surface area contributed by atoms with Crippen LogP contribution in [-0.2, 0) is 6.42 Å². The molecule has 0 fully saturated rings. The number of thioether (sulfide) groups is 1. The van der Waals surface area contributed by atoms with Crippen molar-refractivity contribution in [2.75, 3.05) is 13.4 Å². The molecule has 1 heterocycles. The summed E-state index contributed by atoms with van der Waals surface area (Å²) in [4.78, 5) is 0. The van der Waals surface area contributed by atoms with Crippen molar-refractivity contribution < 1.29 is 4.74 Å². The highest BCUT2D eigenvalue weighted by atomic mass is 32.2. The Morgan fingerprint density at radius 1 is 1.00 bits per heavy atom. The molecule has 0 aliphatic carbocycles. The third-order valence-corrected chi connectivity index (χ3v) is 4.17. The summed E-state index contributed by atoms with van der Waals surface area (Å²) < 4.78 is 5.20. The predicted molar refractivity (Wildman–Crippen MR) is 89.7 cm³/mol. The van der Waals surface area contributed by atoms with Crippen LogP contribution in [0, 0.1) is 0 Å². The number of fused-ring (bicyclic) bond motifs is 1. The van der Waals surface area contributed by atoms with E-state index in [0.29, 0.717) is 0 Å². The predicted octanol–water partition coefficient (Wildman–Crippen LogP) is 3.77. The molecule has 0 spiro atoms. The van der Waals surface area contributed by atoms with Gasteiger partial charge >= 0.3 is 0 Å². The topological polar surface area (TPSA) is 34.0 Å². The van der Waals surface area contributed by atoms with Gasteiger partial charge in [-0.1, -0.05) is 24.3 Å². The van der Waals surface area contributed by atoms with Crippen molar-refractivity contribution in [2.24, 2.45) is 10.2 Å². The summed E-state index contributed by atoms with van der Waals surface area (Å²) in [5.41, 5.74) is 4.50. The van der Waals surface area contributed by atoms with Gasteiger partial charge in [0.1, 0.15) is 10.8 Å². The van der Waals surface area contributed by atoms with E-state index in [0.717, 1.165) is 28.5 Å². The van der Waals surface area contributed by atoms with Crippen LogP contribution >= 0.6 is 11.8 Å². The molecule has 0 bridgehead atoms. The lowest BCUT2D eigenvalue weighted by molar-refractivity contribution is 0.415. The van der Waals surface area contributed by atoms with Gasteiger partial charge in [0.2, 0.25) is 0 Å². The van der Waals surface area contributed by atoms with E-state index in [1.165, 1.54) is 11.1 Å². The Morgan fingerprint density at radius 2 is 1.76 bits per heavy atom. The summed E-state index contributed by atoms with van der Waals surface area (Å²) in [5, 5.41) is 9.85. The maximum absolute atomic E-state index is 5.20. The van der Waals surface area contributed by atoms with Crippen LogP contribution < -0.4 is 4.74 Å². The normalized spacial score (nSPS) is 13.8. The Labute approximate surface area is 128 Å². The van der Waals surface area contributed by atoms with E-state index < -0.39 is 0 Å². The maximum atomic E-state index is 5.20. The quantitative estimate of drug-likeness (QED) is 0.845. The van der Waals surface area contributed by atoms with E-state index >= 15 is 0 Å². The molecule has 0 saturated heterocycles. The second kappa shape index (κ2) is 6.14. The highest BCUT2D eigenvalue weighted by Crippen LogP contribution is 2.22. The van der Waals surface area contributed by atoms with Gasteiger partial charge in [0.15, 0.2) is 0 Å². The van der Waals surface area contributed by atoms with Crippen molar-refractivity contribution in [2.45, 2.75) is 6.42 Å². The van der Waals surface area contributed by atoms with Crippen LogP contribution in [0.4, 0.5) is 0 Å². The highest BCUT2D eigenvalue weighted by molar-refractivity contribution is 8.13. The molecule has 1 aliphatic heterocycles. The van der Waals surface area contributed by atoms with Crippen molar-refractivity contribution in [3.8, 4) is 5.75 Å². The van der Waals surface area contributed by atoms with E-state index in [4.69, 9.17) is 4.74 Å². The van der Waals surface area contributed by atoms with Crippen molar-refractivity contribution in [1.29, 1.82) is 0 Å². The zero-order chi connectivity index (χ0) is 14.7. The first-order chi connectivity index (χ1) is 10.3. The minimum atomic E-state index is 0.788. The molecule has 0 aromatic heterocycles. The third kappa shape index (κ3) is 2.85. The molecular weight excluding hydrogens is 280 g/mol. The van der Waals surface area contributed by atoms with Crippen LogP contribution in [0.5, 0.6) is 5.75 Å². The van der Waals surface area contributed by atoms with Crippen LogP contribution in [0.2, 0.25) is 0 Å². The molecule has 0 amide bonds. The van der Waals surface area contributed by atoms with E-state index in [2.05, 4.69) is 28.4 Å². The van der Waals surface area contributed by atoms with Crippen molar-refractivity contribution in [3.63, 3.8) is 0 Å². The lowest BCUT2D eigenvalue weighted by Gasteiger charge is -2.08. The van der Waals surface area contributed by atoms with Crippen molar-refractivity contribution >= 4 is 22.5 Å². The molecule has 0 radical (unpaired) electrons. The van der Waals surface area contributed by atoms with Gasteiger partial charge in [0, 0.05) is 12.0 Å². The summed E-state index contributed by atoms with van der Waals surface area (Å²) in [6.07, 6.45) is 2.82. The van der Waals surface area contributed by atoms with Crippen LogP contribution in [-0.4, -0.2) is 24.1 Å². The van der Waals surface area contributed by atoms with Gasteiger partial charge in [-0.2, -0.15) is 5.10 Å². The van der Waals surface area contributed by atoms with Crippen LogP contribution in [0.25, 0.3) is 0 Å². The number of rotatable bonds is 2. The minimum absolute atomic E-state index is 0.788. The third-order valence-electron chi connectivity index (χ3n) is 3.48. The SMILES string of the molecule is COc1ccc(C2=NN=C(SC)c3ccccc3C2)cc1. The average Bonchev–Trinajstić information content (AvgIpc) is 2.74. The fourth-order valence-electron chi connectivity index (χ4n) is 2.35. The Balaban J connectivity index is 2.01. The Bertz CT molecular complexity index is 705. The number of hydrogen-bond donors (Lipinski definition) is 0. The van der Waals surface area contributed by atoms with Gasteiger partial charge in [-0.3, -0.25) is 0 Å². The number of benzene rings is 2. The molecule has 3 rings (SSSR count). The molecule has 2 aromatic rings. The highest BCUT2D eigenvalue weighted by Gasteiger charge is 2.15. The molecule has 106 valence electrons. The second-order valence-electron chi connectivity index (χ2n) is 4.72. The molecule has 0 N–H and O–H groups in total. The number of nitrogens with zero attached hydrogens (tertiary/aromatic N) is 2. The van der Waals surface area contributed by atoms with Gasteiger partial charge in [-0.15, -0.1) is 16.9 Å². The van der Waals surface area contributed by atoms with Gasteiger partial charge in [0.25, 0.3) is 0 Å². The molecule has 21 heavy (non-hydrogen) atoms. The van der Waals surface area contributed by atoms with Gasteiger partial charge < -0.3 is 4.74 Å².